The van der Waals surface area contributed by atoms with Gasteiger partial charge in [0.25, 0.3) is 5.95 Å². The third-order valence-electron chi connectivity index (χ3n) is 3.49. The van der Waals surface area contributed by atoms with Crippen LogP contribution in [0.3, 0.4) is 0 Å². The summed E-state index contributed by atoms with van der Waals surface area (Å²) in [6.07, 6.45) is 1.20. The second-order valence-electron chi connectivity index (χ2n) is 4.88. The van der Waals surface area contributed by atoms with Crippen molar-refractivity contribution in [1.29, 1.82) is 0 Å². The highest BCUT2D eigenvalue weighted by atomic mass is 32.2. The molecule has 0 spiro atoms. The van der Waals surface area contributed by atoms with Crippen molar-refractivity contribution < 1.29 is 22.7 Å². The number of ether oxygens (including phenoxy) is 2. The zero-order valence-corrected chi connectivity index (χ0v) is 13.1. The highest BCUT2D eigenvalue weighted by Gasteiger charge is 2.39. The first-order chi connectivity index (χ1) is 10.8. The molecule has 1 saturated heterocycles. The Kier molecular flexibility index (Phi) is 3.56. The van der Waals surface area contributed by atoms with Crippen LogP contribution in [0.4, 0.5) is 5.95 Å². The SMILES string of the molecule is COc1cnc(OC)n2nc(N3CC(S(N)(=O)=O)CC3=O)nc12. The topological polar surface area (TPSA) is 142 Å². The van der Waals surface area contributed by atoms with Crippen molar-refractivity contribution in [2.24, 2.45) is 5.14 Å². The summed E-state index contributed by atoms with van der Waals surface area (Å²) in [6, 6.07) is 0.147. The van der Waals surface area contributed by atoms with E-state index < -0.39 is 21.2 Å². The fraction of sp³-hybridized carbons (Fsp3) is 0.455. The summed E-state index contributed by atoms with van der Waals surface area (Å²) >= 11 is 0. The van der Waals surface area contributed by atoms with Gasteiger partial charge in [-0.2, -0.15) is 14.5 Å². The van der Waals surface area contributed by atoms with Crippen LogP contribution in [-0.2, 0) is 14.8 Å². The number of hydrogen-bond acceptors (Lipinski definition) is 8. The molecule has 3 rings (SSSR count). The number of nitrogens with zero attached hydrogens (tertiary/aromatic N) is 5. The Labute approximate surface area is 131 Å². The van der Waals surface area contributed by atoms with Crippen LogP contribution in [0, 0.1) is 0 Å². The third kappa shape index (κ3) is 2.55. The molecule has 0 bridgehead atoms. The molecule has 11 nitrogen and oxygen atoms in total. The van der Waals surface area contributed by atoms with Gasteiger partial charge in [0, 0.05) is 13.0 Å². The van der Waals surface area contributed by atoms with E-state index in [9.17, 15) is 13.2 Å². The van der Waals surface area contributed by atoms with Crippen molar-refractivity contribution in [3.63, 3.8) is 0 Å². The molecule has 1 fully saturated rings. The van der Waals surface area contributed by atoms with Gasteiger partial charge in [-0.05, 0) is 0 Å². The van der Waals surface area contributed by atoms with Gasteiger partial charge in [-0.3, -0.25) is 9.69 Å². The van der Waals surface area contributed by atoms with E-state index in [1.165, 1.54) is 29.8 Å². The zero-order valence-electron chi connectivity index (χ0n) is 12.3. The summed E-state index contributed by atoms with van der Waals surface area (Å²) in [7, 11) is -0.968. The minimum absolute atomic E-state index is 0.0331. The molecule has 3 heterocycles. The lowest BCUT2D eigenvalue weighted by Gasteiger charge is -2.10. The predicted octanol–water partition coefficient (Wildman–Crippen LogP) is -1.46. The lowest BCUT2D eigenvalue weighted by Crippen LogP contribution is -2.32. The highest BCUT2D eigenvalue weighted by Crippen LogP contribution is 2.26. The monoisotopic (exact) mass is 342 g/mol. The number of nitrogens with two attached hydrogens (primary N) is 1. The van der Waals surface area contributed by atoms with Gasteiger partial charge in [0.05, 0.1) is 20.4 Å². The molecular formula is C11H14N6O5S. The lowest BCUT2D eigenvalue weighted by atomic mass is 10.4. The molecule has 2 N–H and O–H groups in total. The molecule has 0 aliphatic carbocycles. The number of anilines is 1. The molecule has 1 aliphatic rings. The lowest BCUT2D eigenvalue weighted by molar-refractivity contribution is -0.117. The van der Waals surface area contributed by atoms with Crippen molar-refractivity contribution in [3.05, 3.63) is 6.20 Å². The summed E-state index contributed by atoms with van der Waals surface area (Å²) in [6.45, 7) is -0.105. The Balaban J connectivity index is 2.06. The van der Waals surface area contributed by atoms with Gasteiger partial charge < -0.3 is 9.47 Å². The number of amides is 1. The molecule has 1 atom stereocenters. The minimum Gasteiger partial charge on any atom is -0.491 e. The normalized spacial score (nSPS) is 18.7. The van der Waals surface area contributed by atoms with Crippen molar-refractivity contribution in [2.75, 3.05) is 25.7 Å². The number of fused-ring (bicyclic) bond motifs is 1. The number of primary sulfonamides is 1. The molecule has 12 heteroatoms. The van der Waals surface area contributed by atoms with Crippen LogP contribution in [0.1, 0.15) is 6.42 Å². The maximum atomic E-state index is 12.1. The molecule has 1 aliphatic heterocycles. The first kappa shape index (κ1) is 15.4. The summed E-state index contributed by atoms with van der Waals surface area (Å²) in [4.78, 5) is 21.4. The quantitative estimate of drug-likeness (QED) is 0.710. The molecule has 2 aromatic rings. The van der Waals surface area contributed by atoms with Crippen LogP contribution in [0.15, 0.2) is 6.20 Å². The standard InChI is InChI=1S/C11H14N6O5S/c1-21-7-4-13-11(22-2)17-9(7)14-10(15-17)16-5-6(3-8(16)18)23(12,19)20/h4,6H,3,5H2,1-2H3,(H2,12,19,20). The van der Waals surface area contributed by atoms with Crippen molar-refractivity contribution >= 4 is 27.5 Å². The highest BCUT2D eigenvalue weighted by molar-refractivity contribution is 7.89. The Morgan fingerprint density at radius 3 is 2.65 bits per heavy atom. The predicted molar refractivity (Wildman–Crippen MR) is 77.8 cm³/mol. The van der Waals surface area contributed by atoms with Crippen LogP contribution in [0.5, 0.6) is 11.8 Å². The molecule has 2 aromatic heterocycles. The number of hydrogen-bond donors (Lipinski definition) is 1. The van der Waals surface area contributed by atoms with Crippen molar-refractivity contribution in [3.8, 4) is 11.8 Å². The molecule has 1 amide bonds. The van der Waals surface area contributed by atoms with E-state index in [-0.39, 0.29) is 24.9 Å². The Morgan fingerprint density at radius 1 is 1.35 bits per heavy atom. The second-order valence-corrected chi connectivity index (χ2v) is 6.72. The van der Waals surface area contributed by atoms with Gasteiger partial charge in [0.15, 0.2) is 5.75 Å². The van der Waals surface area contributed by atoms with Crippen molar-refractivity contribution in [1.82, 2.24) is 19.6 Å². The van der Waals surface area contributed by atoms with Gasteiger partial charge in [-0.15, -0.1) is 5.10 Å². The van der Waals surface area contributed by atoms with Crippen LogP contribution in [-0.4, -0.2) is 59.9 Å². The third-order valence-corrected chi connectivity index (χ3v) is 4.73. The summed E-state index contributed by atoms with van der Waals surface area (Å²) in [5.41, 5.74) is 0.293. The van der Waals surface area contributed by atoms with E-state index in [1.807, 2.05) is 0 Å². The van der Waals surface area contributed by atoms with Gasteiger partial charge >= 0.3 is 6.01 Å². The Morgan fingerprint density at radius 2 is 2.09 bits per heavy atom. The molecule has 124 valence electrons. The Bertz CT molecular complexity index is 837. The maximum Gasteiger partial charge on any atom is 0.319 e. The van der Waals surface area contributed by atoms with E-state index in [4.69, 9.17) is 14.6 Å². The van der Waals surface area contributed by atoms with E-state index in [0.29, 0.717) is 11.4 Å². The average molecular weight is 342 g/mol. The van der Waals surface area contributed by atoms with E-state index in [0.717, 1.165) is 0 Å². The number of methoxy groups -OCH3 is 2. The summed E-state index contributed by atoms with van der Waals surface area (Å²) in [5.74, 6) is -0.0595. The van der Waals surface area contributed by atoms with Crippen molar-refractivity contribution in [2.45, 2.75) is 11.7 Å². The summed E-state index contributed by atoms with van der Waals surface area (Å²) < 4.78 is 34.4. The maximum absolute atomic E-state index is 12.1. The van der Waals surface area contributed by atoms with Crippen LogP contribution < -0.4 is 19.5 Å². The van der Waals surface area contributed by atoms with E-state index >= 15 is 0 Å². The largest absolute Gasteiger partial charge is 0.491 e. The number of rotatable bonds is 4. The van der Waals surface area contributed by atoms with Crippen LogP contribution >= 0.6 is 0 Å². The molecule has 0 radical (unpaired) electrons. The van der Waals surface area contributed by atoms with Gasteiger partial charge in [0.2, 0.25) is 21.6 Å². The molecular weight excluding hydrogens is 328 g/mol. The fourth-order valence-corrected chi connectivity index (χ4v) is 3.04. The van der Waals surface area contributed by atoms with Crippen LogP contribution in [0.25, 0.3) is 5.65 Å². The molecule has 0 aromatic carbocycles. The number of carbonyl (C=O) groups is 1. The van der Waals surface area contributed by atoms with E-state index in [1.54, 1.807) is 0 Å². The second kappa shape index (κ2) is 5.31. The average Bonchev–Trinajstić information content (AvgIpc) is 3.09. The number of sulfonamides is 1. The first-order valence-corrected chi connectivity index (χ1v) is 8.12. The number of aromatic nitrogens is 4. The summed E-state index contributed by atoms with van der Waals surface area (Å²) in [5, 5.41) is 8.27. The zero-order chi connectivity index (χ0) is 16.8. The number of carbonyl (C=O) groups excluding carboxylic acids is 1. The van der Waals surface area contributed by atoms with Gasteiger partial charge in [-0.1, -0.05) is 0 Å². The van der Waals surface area contributed by atoms with Gasteiger partial charge in [0.1, 0.15) is 5.25 Å². The minimum atomic E-state index is -3.82. The van der Waals surface area contributed by atoms with Crippen LogP contribution in [0.2, 0.25) is 0 Å². The van der Waals surface area contributed by atoms with Gasteiger partial charge in [-0.25, -0.2) is 13.6 Å². The molecule has 23 heavy (non-hydrogen) atoms. The molecule has 1 unspecified atom stereocenters. The first-order valence-electron chi connectivity index (χ1n) is 6.51. The molecule has 0 saturated carbocycles. The van der Waals surface area contributed by atoms with E-state index in [2.05, 4.69) is 15.1 Å². The smallest absolute Gasteiger partial charge is 0.319 e. The fourth-order valence-electron chi connectivity index (χ4n) is 2.31. The Hall–Kier alpha value is -2.47.